The molecule has 2 aromatic carbocycles. The first-order valence-corrected chi connectivity index (χ1v) is 6.51. The minimum atomic E-state index is 0.437. The summed E-state index contributed by atoms with van der Waals surface area (Å²) in [6.45, 7) is 0. The van der Waals surface area contributed by atoms with Gasteiger partial charge in [0.1, 0.15) is 22.4 Å². The summed E-state index contributed by atoms with van der Waals surface area (Å²) in [5, 5.41) is 2.25. The Bertz CT molecular complexity index is 736. The molecule has 3 nitrogen and oxygen atoms in total. The zero-order valence-corrected chi connectivity index (χ0v) is 11.6. The predicted molar refractivity (Wildman–Crippen MR) is 79.8 cm³/mol. The summed E-state index contributed by atoms with van der Waals surface area (Å²) < 4.78 is 11.0. The number of pyridine rings is 1. The Balaban J connectivity index is 2.01. The molecule has 0 radical (unpaired) electrons. The van der Waals surface area contributed by atoms with Crippen LogP contribution in [0.15, 0.2) is 54.7 Å². The van der Waals surface area contributed by atoms with E-state index in [4.69, 9.17) is 21.1 Å². The number of methoxy groups -OCH3 is 1. The molecule has 0 saturated heterocycles. The van der Waals surface area contributed by atoms with E-state index < -0.39 is 0 Å². The Morgan fingerprint density at radius 3 is 2.45 bits per heavy atom. The second kappa shape index (κ2) is 5.39. The Morgan fingerprint density at radius 1 is 0.950 bits per heavy atom. The van der Waals surface area contributed by atoms with Crippen LogP contribution >= 0.6 is 11.6 Å². The third kappa shape index (κ3) is 2.40. The summed E-state index contributed by atoms with van der Waals surface area (Å²) >= 11 is 6.16. The minimum Gasteiger partial charge on any atom is -0.497 e. The van der Waals surface area contributed by atoms with E-state index in [0.717, 1.165) is 22.3 Å². The molecule has 0 aliphatic rings. The Kier molecular flexibility index (Phi) is 3.44. The summed E-state index contributed by atoms with van der Waals surface area (Å²) in [5.41, 5.74) is 0. The van der Waals surface area contributed by atoms with Gasteiger partial charge in [0.15, 0.2) is 0 Å². The van der Waals surface area contributed by atoms with Gasteiger partial charge in [-0.05, 0) is 41.8 Å². The van der Waals surface area contributed by atoms with E-state index >= 15 is 0 Å². The van der Waals surface area contributed by atoms with Gasteiger partial charge >= 0.3 is 0 Å². The smallest absolute Gasteiger partial charge is 0.140 e. The monoisotopic (exact) mass is 285 g/mol. The Hall–Kier alpha value is -2.26. The first-order chi connectivity index (χ1) is 9.78. The number of benzene rings is 2. The van der Waals surface area contributed by atoms with Crippen molar-refractivity contribution < 1.29 is 9.47 Å². The minimum absolute atomic E-state index is 0.437. The van der Waals surface area contributed by atoms with E-state index in [1.54, 1.807) is 13.3 Å². The highest BCUT2D eigenvalue weighted by Gasteiger charge is 2.08. The van der Waals surface area contributed by atoms with E-state index in [9.17, 15) is 0 Å². The normalized spacial score (nSPS) is 10.5. The van der Waals surface area contributed by atoms with Crippen LogP contribution in [0.5, 0.6) is 17.2 Å². The summed E-state index contributed by atoms with van der Waals surface area (Å²) in [4.78, 5) is 4.10. The zero-order chi connectivity index (χ0) is 13.9. The lowest BCUT2D eigenvalue weighted by Crippen LogP contribution is -1.88. The van der Waals surface area contributed by atoms with Gasteiger partial charge in [-0.2, -0.15) is 0 Å². The largest absolute Gasteiger partial charge is 0.497 e. The maximum absolute atomic E-state index is 6.16. The highest BCUT2D eigenvalue weighted by atomic mass is 35.5. The highest BCUT2D eigenvalue weighted by Crippen LogP contribution is 2.34. The van der Waals surface area contributed by atoms with E-state index in [-0.39, 0.29) is 0 Å². The predicted octanol–water partition coefficient (Wildman–Crippen LogP) is 4.69. The van der Waals surface area contributed by atoms with Crippen molar-refractivity contribution in [1.82, 2.24) is 4.98 Å². The molecule has 3 rings (SSSR count). The van der Waals surface area contributed by atoms with Crippen molar-refractivity contribution in [3.8, 4) is 17.2 Å². The third-order valence-corrected chi connectivity index (χ3v) is 3.28. The van der Waals surface area contributed by atoms with Gasteiger partial charge in [0.25, 0.3) is 0 Å². The molecule has 0 unspecified atom stereocenters. The third-order valence-electron chi connectivity index (χ3n) is 2.99. The SMILES string of the molecule is COc1ccc(Oc2cccc3ccnc(Cl)c23)cc1. The van der Waals surface area contributed by atoms with Crippen LogP contribution in [0.1, 0.15) is 0 Å². The lowest BCUT2D eigenvalue weighted by atomic mass is 10.1. The van der Waals surface area contributed by atoms with Crippen LogP contribution in [0.3, 0.4) is 0 Å². The van der Waals surface area contributed by atoms with Gasteiger partial charge in [-0.15, -0.1) is 0 Å². The van der Waals surface area contributed by atoms with Crippen LogP contribution in [0, 0.1) is 0 Å². The quantitative estimate of drug-likeness (QED) is 0.654. The summed E-state index contributed by atoms with van der Waals surface area (Å²) in [7, 11) is 1.63. The lowest BCUT2D eigenvalue weighted by molar-refractivity contribution is 0.413. The fourth-order valence-electron chi connectivity index (χ4n) is 2.01. The Morgan fingerprint density at radius 2 is 1.70 bits per heavy atom. The van der Waals surface area contributed by atoms with Crippen molar-refractivity contribution in [1.29, 1.82) is 0 Å². The van der Waals surface area contributed by atoms with Crippen LogP contribution in [0.4, 0.5) is 0 Å². The number of ether oxygens (including phenoxy) is 2. The molecule has 0 atom stereocenters. The maximum atomic E-state index is 6.16. The average molecular weight is 286 g/mol. The lowest BCUT2D eigenvalue weighted by Gasteiger charge is -2.10. The molecule has 3 aromatic rings. The van der Waals surface area contributed by atoms with Gasteiger partial charge in [-0.1, -0.05) is 23.7 Å². The van der Waals surface area contributed by atoms with Crippen molar-refractivity contribution in [2.24, 2.45) is 0 Å². The van der Waals surface area contributed by atoms with Gasteiger partial charge in [-0.3, -0.25) is 0 Å². The van der Waals surface area contributed by atoms with Gasteiger partial charge < -0.3 is 9.47 Å². The highest BCUT2D eigenvalue weighted by molar-refractivity contribution is 6.34. The second-order valence-corrected chi connectivity index (χ2v) is 4.59. The molecular weight excluding hydrogens is 274 g/mol. The fraction of sp³-hybridized carbons (Fsp3) is 0.0625. The zero-order valence-electron chi connectivity index (χ0n) is 10.8. The molecule has 0 aliphatic heterocycles. The van der Waals surface area contributed by atoms with Gasteiger partial charge in [0, 0.05) is 6.20 Å². The summed E-state index contributed by atoms with van der Waals surface area (Å²) in [6, 6.07) is 15.1. The molecule has 0 N–H and O–H groups in total. The number of hydrogen-bond acceptors (Lipinski definition) is 3. The molecule has 0 amide bonds. The second-order valence-electron chi connectivity index (χ2n) is 4.23. The van der Waals surface area contributed by atoms with Gasteiger partial charge in [-0.25, -0.2) is 4.98 Å². The van der Waals surface area contributed by atoms with Crippen molar-refractivity contribution in [2.45, 2.75) is 0 Å². The number of nitrogens with zero attached hydrogens (tertiary/aromatic N) is 1. The van der Waals surface area contributed by atoms with Crippen molar-refractivity contribution >= 4 is 22.4 Å². The number of fused-ring (bicyclic) bond motifs is 1. The summed E-state index contributed by atoms with van der Waals surface area (Å²) in [6.07, 6.45) is 1.68. The van der Waals surface area contributed by atoms with Crippen LogP contribution in [0.2, 0.25) is 5.15 Å². The fourth-order valence-corrected chi connectivity index (χ4v) is 2.27. The molecule has 1 aromatic heterocycles. The molecule has 20 heavy (non-hydrogen) atoms. The van der Waals surface area contributed by atoms with Gasteiger partial charge in [0.2, 0.25) is 0 Å². The maximum Gasteiger partial charge on any atom is 0.140 e. The molecule has 0 aliphatic carbocycles. The molecule has 100 valence electrons. The number of aromatic nitrogens is 1. The number of halogens is 1. The molecule has 0 saturated carbocycles. The molecular formula is C16H12ClNO2. The average Bonchev–Trinajstić information content (AvgIpc) is 2.48. The van der Waals surface area contributed by atoms with Crippen molar-refractivity contribution in [2.75, 3.05) is 7.11 Å². The van der Waals surface area contributed by atoms with Gasteiger partial charge in [0.05, 0.1) is 12.5 Å². The van der Waals surface area contributed by atoms with Crippen molar-refractivity contribution in [3.05, 3.63) is 59.9 Å². The molecule has 4 heteroatoms. The molecule has 0 spiro atoms. The van der Waals surface area contributed by atoms with E-state index in [0.29, 0.717) is 10.9 Å². The van der Waals surface area contributed by atoms with Crippen LogP contribution in [0.25, 0.3) is 10.8 Å². The molecule has 0 bridgehead atoms. The van der Waals surface area contributed by atoms with E-state index in [1.807, 2.05) is 48.5 Å². The first-order valence-electron chi connectivity index (χ1n) is 6.13. The summed E-state index contributed by atoms with van der Waals surface area (Å²) in [5.74, 6) is 2.19. The van der Waals surface area contributed by atoms with E-state index in [2.05, 4.69) is 4.98 Å². The molecule has 1 heterocycles. The standard InChI is InChI=1S/C16H12ClNO2/c1-19-12-5-7-13(8-6-12)20-14-4-2-3-11-9-10-18-16(17)15(11)14/h2-10H,1H3. The van der Waals surface area contributed by atoms with Crippen LogP contribution < -0.4 is 9.47 Å². The van der Waals surface area contributed by atoms with Crippen LogP contribution in [-0.2, 0) is 0 Å². The first kappa shape index (κ1) is 12.8. The molecule has 0 fully saturated rings. The number of rotatable bonds is 3. The Labute approximate surface area is 121 Å². The van der Waals surface area contributed by atoms with Crippen LogP contribution in [-0.4, -0.2) is 12.1 Å². The topological polar surface area (TPSA) is 31.4 Å². The van der Waals surface area contributed by atoms with Crippen molar-refractivity contribution in [3.63, 3.8) is 0 Å². The number of hydrogen-bond donors (Lipinski definition) is 0. The van der Waals surface area contributed by atoms with E-state index in [1.165, 1.54) is 0 Å².